The normalized spacial score (nSPS) is 19.2. The summed E-state index contributed by atoms with van der Waals surface area (Å²) in [6.07, 6.45) is 3.58. The van der Waals surface area contributed by atoms with Gasteiger partial charge in [0.2, 0.25) is 0 Å². The van der Waals surface area contributed by atoms with Gasteiger partial charge in [0.25, 0.3) is 0 Å². The van der Waals surface area contributed by atoms with Crippen molar-refractivity contribution in [3.63, 3.8) is 0 Å². The molecule has 0 saturated carbocycles. The van der Waals surface area contributed by atoms with E-state index < -0.39 is 0 Å². The van der Waals surface area contributed by atoms with Gasteiger partial charge in [-0.3, -0.25) is 4.90 Å². The van der Waals surface area contributed by atoms with E-state index in [1.54, 1.807) is 0 Å². The summed E-state index contributed by atoms with van der Waals surface area (Å²) in [7, 11) is 0. The average molecular weight is 411 g/mol. The van der Waals surface area contributed by atoms with Gasteiger partial charge in [-0.15, -0.1) is 0 Å². The minimum absolute atomic E-state index is 0.119. The molecule has 160 valence electrons. The number of amides is 2. The van der Waals surface area contributed by atoms with Crippen LogP contribution < -0.4 is 15.5 Å². The average Bonchev–Trinajstić information content (AvgIpc) is 3.44. The number of hydrogen-bond donors (Lipinski definition) is 2. The predicted octanol–water partition coefficient (Wildman–Crippen LogP) is 3.75. The van der Waals surface area contributed by atoms with Gasteiger partial charge < -0.3 is 15.5 Å². The van der Waals surface area contributed by atoms with Crippen LogP contribution in [0.15, 0.2) is 48.5 Å². The van der Waals surface area contributed by atoms with Crippen molar-refractivity contribution >= 4 is 11.7 Å². The minimum atomic E-state index is -0.213. The molecule has 4 rings (SSSR count). The summed E-state index contributed by atoms with van der Waals surface area (Å²) in [6.45, 7) is 6.30. The molecule has 0 aliphatic carbocycles. The Balaban J connectivity index is 1.21. The van der Waals surface area contributed by atoms with Crippen LogP contribution in [0.3, 0.4) is 0 Å². The van der Waals surface area contributed by atoms with Crippen LogP contribution in [0.5, 0.6) is 0 Å². The van der Waals surface area contributed by atoms with Crippen LogP contribution >= 0.6 is 0 Å². The van der Waals surface area contributed by atoms with Gasteiger partial charge in [0.05, 0.1) is 0 Å². The molecule has 6 heteroatoms. The Hall–Kier alpha value is -2.60. The molecular formula is C24H31FN4O. The van der Waals surface area contributed by atoms with Crippen molar-refractivity contribution in [3.05, 3.63) is 65.5 Å². The quantitative estimate of drug-likeness (QED) is 0.731. The van der Waals surface area contributed by atoms with Crippen molar-refractivity contribution < 1.29 is 9.18 Å². The summed E-state index contributed by atoms with van der Waals surface area (Å²) in [5, 5.41) is 6.03. The summed E-state index contributed by atoms with van der Waals surface area (Å²) >= 11 is 0. The zero-order valence-corrected chi connectivity index (χ0v) is 17.4. The molecule has 0 bridgehead atoms. The second-order valence-electron chi connectivity index (χ2n) is 8.39. The SMILES string of the molecule is O=C(NCc1ccccc1CN1CCCC1)NC[C@H]1CCN(c2ccc(F)cc2)C1. The van der Waals surface area contributed by atoms with Gasteiger partial charge in [-0.25, -0.2) is 9.18 Å². The summed E-state index contributed by atoms with van der Waals surface area (Å²) in [4.78, 5) is 17.1. The molecule has 2 aliphatic heterocycles. The van der Waals surface area contributed by atoms with Gasteiger partial charge in [-0.2, -0.15) is 0 Å². The number of rotatable bonds is 7. The minimum Gasteiger partial charge on any atom is -0.371 e. The predicted molar refractivity (Wildman–Crippen MR) is 118 cm³/mol. The third kappa shape index (κ3) is 5.51. The van der Waals surface area contributed by atoms with Crippen LogP contribution in [0.1, 0.15) is 30.4 Å². The number of carbonyl (C=O) groups is 1. The molecule has 0 unspecified atom stereocenters. The highest BCUT2D eigenvalue weighted by molar-refractivity contribution is 5.73. The van der Waals surface area contributed by atoms with Crippen LogP contribution in [0.2, 0.25) is 0 Å². The van der Waals surface area contributed by atoms with E-state index in [9.17, 15) is 9.18 Å². The highest BCUT2D eigenvalue weighted by Gasteiger charge is 2.23. The molecule has 5 nitrogen and oxygen atoms in total. The van der Waals surface area contributed by atoms with Gasteiger partial charge >= 0.3 is 6.03 Å². The van der Waals surface area contributed by atoms with E-state index in [1.807, 2.05) is 18.2 Å². The monoisotopic (exact) mass is 410 g/mol. The third-order valence-electron chi connectivity index (χ3n) is 6.18. The summed E-state index contributed by atoms with van der Waals surface area (Å²) in [5.41, 5.74) is 3.52. The van der Waals surface area contributed by atoms with E-state index in [-0.39, 0.29) is 11.8 Å². The highest BCUT2D eigenvalue weighted by atomic mass is 19.1. The van der Waals surface area contributed by atoms with Crippen LogP contribution in [0.25, 0.3) is 0 Å². The number of carbonyl (C=O) groups excluding carboxylic acids is 1. The molecule has 0 aromatic heterocycles. The molecule has 2 aromatic carbocycles. The van der Waals surface area contributed by atoms with E-state index in [0.717, 1.165) is 31.7 Å². The van der Waals surface area contributed by atoms with Crippen LogP contribution in [0.4, 0.5) is 14.9 Å². The molecule has 30 heavy (non-hydrogen) atoms. The molecule has 2 saturated heterocycles. The first-order valence-corrected chi connectivity index (χ1v) is 11.0. The summed E-state index contributed by atoms with van der Waals surface area (Å²) in [5.74, 6) is 0.193. The van der Waals surface area contributed by atoms with Crippen molar-refractivity contribution in [2.24, 2.45) is 5.92 Å². The second kappa shape index (κ2) is 9.94. The molecule has 2 fully saturated rings. The smallest absolute Gasteiger partial charge is 0.315 e. The molecule has 2 heterocycles. The first-order valence-electron chi connectivity index (χ1n) is 11.0. The van der Waals surface area contributed by atoms with E-state index in [0.29, 0.717) is 19.0 Å². The van der Waals surface area contributed by atoms with Gasteiger partial charge in [-0.1, -0.05) is 24.3 Å². The lowest BCUT2D eigenvalue weighted by Crippen LogP contribution is -2.38. The van der Waals surface area contributed by atoms with Crippen molar-refractivity contribution in [1.29, 1.82) is 0 Å². The molecule has 2 aromatic rings. The Morgan fingerprint density at radius 1 is 0.967 bits per heavy atom. The van der Waals surface area contributed by atoms with Gasteiger partial charge in [-0.05, 0) is 73.7 Å². The second-order valence-corrected chi connectivity index (χ2v) is 8.39. The number of anilines is 1. The lowest BCUT2D eigenvalue weighted by molar-refractivity contribution is 0.239. The molecule has 2 aliphatic rings. The highest BCUT2D eigenvalue weighted by Crippen LogP contribution is 2.23. The van der Waals surface area contributed by atoms with Gasteiger partial charge in [0, 0.05) is 38.4 Å². The lowest BCUT2D eigenvalue weighted by atomic mass is 10.1. The summed E-state index contributed by atoms with van der Waals surface area (Å²) in [6, 6.07) is 14.9. The molecule has 1 atom stereocenters. The van der Waals surface area contributed by atoms with Crippen molar-refractivity contribution in [3.8, 4) is 0 Å². The number of hydrogen-bond acceptors (Lipinski definition) is 3. The Bertz CT molecular complexity index is 835. The maximum Gasteiger partial charge on any atom is 0.315 e. The van der Waals surface area contributed by atoms with Crippen molar-refractivity contribution in [2.75, 3.05) is 37.6 Å². The number of benzene rings is 2. The number of nitrogens with zero attached hydrogens (tertiary/aromatic N) is 2. The number of nitrogens with one attached hydrogen (secondary N) is 2. The van der Waals surface area contributed by atoms with Crippen LogP contribution in [-0.2, 0) is 13.1 Å². The largest absolute Gasteiger partial charge is 0.371 e. The molecular weight excluding hydrogens is 379 g/mol. The van der Waals surface area contributed by atoms with E-state index in [4.69, 9.17) is 0 Å². The first kappa shape index (κ1) is 20.7. The van der Waals surface area contributed by atoms with E-state index >= 15 is 0 Å². The number of urea groups is 1. The fraction of sp³-hybridized carbons (Fsp3) is 0.458. The molecule has 0 radical (unpaired) electrons. The maximum absolute atomic E-state index is 13.1. The van der Waals surface area contributed by atoms with Gasteiger partial charge in [0.1, 0.15) is 5.82 Å². The van der Waals surface area contributed by atoms with Crippen LogP contribution in [-0.4, -0.2) is 43.7 Å². The maximum atomic E-state index is 13.1. The van der Waals surface area contributed by atoms with E-state index in [1.165, 1.54) is 49.2 Å². The van der Waals surface area contributed by atoms with Crippen molar-refractivity contribution in [2.45, 2.75) is 32.4 Å². The Labute approximate surface area is 178 Å². The Morgan fingerprint density at radius 2 is 1.70 bits per heavy atom. The zero-order valence-electron chi connectivity index (χ0n) is 17.4. The Morgan fingerprint density at radius 3 is 2.47 bits per heavy atom. The molecule has 0 spiro atoms. The van der Waals surface area contributed by atoms with Crippen molar-refractivity contribution in [1.82, 2.24) is 15.5 Å². The fourth-order valence-corrected chi connectivity index (χ4v) is 4.43. The standard InChI is InChI=1S/C24H31FN4O/c25-22-7-9-23(10-8-22)29-14-11-19(17-29)15-26-24(30)27-16-20-5-1-2-6-21(20)18-28-12-3-4-13-28/h1-2,5-10,19H,3-4,11-18H2,(H2,26,27,30)/t19-/m1/s1. The topological polar surface area (TPSA) is 47.6 Å². The number of likely N-dealkylation sites (tertiary alicyclic amines) is 1. The van der Waals surface area contributed by atoms with E-state index in [2.05, 4.69) is 38.6 Å². The fourth-order valence-electron chi connectivity index (χ4n) is 4.43. The molecule has 2 amide bonds. The lowest BCUT2D eigenvalue weighted by Gasteiger charge is -2.19. The third-order valence-corrected chi connectivity index (χ3v) is 6.18. The number of halogens is 1. The zero-order chi connectivity index (χ0) is 20.8. The molecule has 2 N–H and O–H groups in total. The summed E-state index contributed by atoms with van der Waals surface area (Å²) < 4.78 is 13.1. The Kier molecular flexibility index (Phi) is 6.84. The first-order chi connectivity index (χ1) is 14.7. The van der Waals surface area contributed by atoms with Crippen LogP contribution in [0, 0.1) is 11.7 Å². The van der Waals surface area contributed by atoms with Gasteiger partial charge in [0.15, 0.2) is 0 Å².